The minimum Gasteiger partial charge on any atom is -0.497 e. The van der Waals surface area contributed by atoms with Gasteiger partial charge >= 0.3 is 0 Å². The predicted octanol–water partition coefficient (Wildman–Crippen LogP) is 2.16. The van der Waals surface area contributed by atoms with Crippen molar-refractivity contribution in [3.63, 3.8) is 0 Å². The van der Waals surface area contributed by atoms with E-state index < -0.39 is 0 Å². The highest BCUT2D eigenvalue weighted by atomic mass is 16.5. The molecule has 0 spiro atoms. The maximum atomic E-state index is 12.8. The number of methoxy groups -OCH3 is 1. The van der Waals surface area contributed by atoms with Crippen LogP contribution in [-0.4, -0.2) is 52.1 Å². The number of hydrogen-bond acceptors (Lipinski definition) is 5. The van der Waals surface area contributed by atoms with Crippen molar-refractivity contribution in [2.24, 2.45) is 13.0 Å². The molecular formula is C22H27N5O2. The summed E-state index contributed by atoms with van der Waals surface area (Å²) in [7, 11) is 5.65. The van der Waals surface area contributed by atoms with Crippen molar-refractivity contribution in [2.75, 3.05) is 20.7 Å². The molecule has 1 aliphatic rings. The highest BCUT2D eigenvalue weighted by Crippen LogP contribution is 2.26. The molecule has 1 aromatic carbocycles. The zero-order chi connectivity index (χ0) is 20.4. The maximum Gasteiger partial charge on any atom is 0.237 e. The van der Waals surface area contributed by atoms with Crippen LogP contribution in [0.3, 0.4) is 0 Å². The van der Waals surface area contributed by atoms with E-state index in [0.717, 1.165) is 42.0 Å². The number of carbonyl (C=O) groups is 1. The largest absolute Gasteiger partial charge is 0.497 e. The predicted molar refractivity (Wildman–Crippen MR) is 112 cm³/mol. The fourth-order valence-electron chi connectivity index (χ4n) is 4.18. The van der Waals surface area contributed by atoms with Crippen molar-refractivity contribution in [3.05, 3.63) is 54.1 Å². The lowest BCUT2D eigenvalue weighted by molar-refractivity contribution is -0.125. The molecule has 4 rings (SSSR count). The number of imidazole rings is 1. The number of rotatable bonds is 6. The zero-order valence-corrected chi connectivity index (χ0v) is 17.1. The summed E-state index contributed by atoms with van der Waals surface area (Å²) in [5.74, 6) is 2.23. The van der Waals surface area contributed by atoms with Crippen molar-refractivity contribution in [1.82, 2.24) is 24.8 Å². The fraction of sp³-hybridized carbons (Fsp3) is 0.409. The Morgan fingerprint density at radius 1 is 1.24 bits per heavy atom. The lowest BCUT2D eigenvalue weighted by Crippen LogP contribution is -2.41. The van der Waals surface area contributed by atoms with Gasteiger partial charge < -0.3 is 14.6 Å². The number of nitrogens with zero attached hydrogens (tertiary/aromatic N) is 4. The quantitative estimate of drug-likeness (QED) is 0.695. The van der Waals surface area contributed by atoms with Gasteiger partial charge in [-0.3, -0.25) is 14.7 Å². The van der Waals surface area contributed by atoms with E-state index in [0.29, 0.717) is 12.5 Å². The standard InChI is InChI=1S/C22H27N5O2/c1-26-14-16(10-15-4-6-17(29-3)7-5-15)11-19(26)22(28)24-13-21-25-18-8-9-23-12-20(18)27(21)2/h4-9,12,16,19H,10-11,13-14H2,1-3H3,(H,24,28). The Labute approximate surface area is 170 Å². The van der Waals surface area contributed by atoms with Crippen LogP contribution in [0.5, 0.6) is 5.75 Å². The van der Waals surface area contributed by atoms with Gasteiger partial charge in [0.15, 0.2) is 0 Å². The van der Waals surface area contributed by atoms with Gasteiger partial charge in [-0.2, -0.15) is 0 Å². The van der Waals surface area contributed by atoms with E-state index in [4.69, 9.17) is 4.74 Å². The van der Waals surface area contributed by atoms with Gasteiger partial charge in [-0.05, 0) is 49.6 Å². The molecule has 29 heavy (non-hydrogen) atoms. The van der Waals surface area contributed by atoms with Crippen molar-refractivity contribution >= 4 is 16.9 Å². The molecule has 7 heteroatoms. The summed E-state index contributed by atoms with van der Waals surface area (Å²) < 4.78 is 7.20. The van der Waals surface area contributed by atoms with Gasteiger partial charge in [-0.1, -0.05) is 12.1 Å². The summed E-state index contributed by atoms with van der Waals surface area (Å²) in [6.07, 6.45) is 5.35. The van der Waals surface area contributed by atoms with Crippen LogP contribution >= 0.6 is 0 Å². The van der Waals surface area contributed by atoms with Crippen molar-refractivity contribution in [3.8, 4) is 5.75 Å². The van der Waals surface area contributed by atoms with Crippen LogP contribution in [0, 0.1) is 5.92 Å². The first-order valence-electron chi connectivity index (χ1n) is 9.91. The first kappa shape index (κ1) is 19.4. The highest BCUT2D eigenvalue weighted by molar-refractivity contribution is 5.82. The summed E-state index contributed by atoms with van der Waals surface area (Å²) in [4.78, 5) is 23.7. The van der Waals surface area contributed by atoms with Gasteiger partial charge in [0.1, 0.15) is 11.6 Å². The Bertz CT molecular complexity index is 998. The van der Waals surface area contributed by atoms with Gasteiger partial charge in [-0.15, -0.1) is 0 Å². The maximum absolute atomic E-state index is 12.8. The number of likely N-dealkylation sites (tertiary alicyclic amines) is 1. The molecule has 1 N–H and O–H groups in total. The topological polar surface area (TPSA) is 72.3 Å². The molecular weight excluding hydrogens is 366 g/mol. The number of carbonyl (C=O) groups excluding carboxylic acids is 1. The molecule has 1 saturated heterocycles. The summed E-state index contributed by atoms with van der Waals surface area (Å²) in [6.45, 7) is 1.33. The number of amides is 1. The molecule has 1 fully saturated rings. The Morgan fingerprint density at radius 2 is 2.03 bits per heavy atom. The van der Waals surface area contributed by atoms with Crippen LogP contribution in [0.25, 0.3) is 11.0 Å². The Balaban J connectivity index is 1.35. The van der Waals surface area contributed by atoms with E-state index in [-0.39, 0.29) is 11.9 Å². The Hall–Kier alpha value is -2.93. The average Bonchev–Trinajstić information content (AvgIpc) is 3.26. The van der Waals surface area contributed by atoms with E-state index >= 15 is 0 Å². The van der Waals surface area contributed by atoms with Crippen molar-refractivity contribution in [2.45, 2.75) is 25.4 Å². The van der Waals surface area contributed by atoms with Crippen LogP contribution in [0.1, 0.15) is 17.8 Å². The first-order chi connectivity index (χ1) is 14.0. The van der Waals surface area contributed by atoms with Gasteiger partial charge in [0.2, 0.25) is 5.91 Å². The van der Waals surface area contributed by atoms with E-state index in [1.54, 1.807) is 19.5 Å². The summed E-state index contributed by atoms with van der Waals surface area (Å²) >= 11 is 0. The summed E-state index contributed by atoms with van der Waals surface area (Å²) in [5.41, 5.74) is 3.14. The third-order valence-corrected chi connectivity index (χ3v) is 5.82. The number of ether oxygens (including phenoxy) is 1. The summed E-state index contributed by atoms with van der Waals surface area (Å²) in [6, 6.07) is 9.97. The minimum atomic E-state index is -0.102. The van der Waals surface area contributed by atoms with Crippen LogP contribution in [0.4, 0.5) is 0 Å². The molecule has 152 valence electrons. The number of hydrogen-bond donors (Lipinski definition) is 1. The van der Waals surface area contributed by atoms with Gasteiger partial charge in [0, 0.05) is 19.8 Å². The highest BCUT2D eigenvalue weighted by Gasteiger charge is 2.34. The Morgan fingerprint density at radius 3 is 2.76 bits per heavy atom. The lowest BCUT2D eigenvalue weighted by Gasteiger charge is -2.18. The molecule has 1 aliphatic heterocycles. The smallest absolute Gasteiger partial charge is 0.237 e. The number of fused-ring (bicyclic) bond motifs is 1. The Kier molecular flexibility index (Phi) is 5.49. The summed E-state index contributed by atoms with van der Waals surface area (Å²) in [5, 5.41) is 3.07. The number of benzene rings is 1. The third-order valence-electron chi connectivity index (χ3n) is 5.82. The second-order valence-electron chi connectivity index (χ2n) is 7.78. The molecule has 0 radical (unpaired) electrons. The molecule has 1 amide bonds. The van der Waals surface area contributed by atoms with Crippen LogP contribution in [0.15, 0.2) is 42.7 Å². The molecule has 3 heterocycles. The van der Waals surface area contributed by atoms with E-state index in [9.17, 15) is 4.79 Å². The SMILES string of the molecule is COc1ccc(CC2CC(C(=O)NCc3nc4ccncc4n3C)N(C)C2)cc1. The molecule has 7 nitrogen and oxygen atoms in total. The molecule has 2 unspecified atom stereocenters. The molecule has 2 aromatic heterocycles. The number of likely N-dealkylation sites (N-methyl/N-ethyl adjacent to an activating group) is 1. The number of aromatic nitrogens is 3. The minimum absolute atomic E-state index is 0.0647. The van der Waals surface area contributed by atoms with Gasteiger partial charge in [0.05, 0.1) is 36.9 Å². The number of nitrogens with one attached hydrogen (secondary N) is 1. The fourth-order valence-corrected chi connectivity index (χ4v) is 4.18. The van der Waals surface area contributed by atoms with Gasteiger partial charge in [0.25, 0.3) is 0 Å². The molecule has 0 bridgehead atoms. The lowest BCUT2D eigenvalue weighted by atomic mass is 9.96. The number of aryl methyl sites for hydroxylation is 1. The van der Waals surface area contributed by atoms with E-state index in [1.807, 2.05) is 36.9 Å². The van der Waals surface area contributed by atoms with Crippen LogP contribution < -0.4 is 10.1 Å². The van der Waals surface area contributed by atoms with E-state index in [1.165, 1.54) is 5.56 Å². The molecule has 2 atom stereocenters. The first-order valence-corrected chi connectivity index (χ1v) is 9.91. The van der Waals surface area contributed by atoms with Gasteiger partial charge in [-0.25, -0.2) is 4.98 Å². The van der Waals surface area contributed by atoms with Crippen molar-refractivity contribution < 1.29 is 9.53 Å². The molecule has 3 aromatic rings. The van der Waals surface area contributed by atoms with Crippen molar-refractivity contribution in [1.29, 1.82) is 0 Å². The normalized spacial score (nSPS) is 19.6. The molecule has 0 aliphatic carbocycles. The average molecular weight is 393 g/mol. The second-order valence-corrected chi connectivity index (χ2v) is 7.78. The van der Waals surface area contributed by atoms with E-state index in [2.05, 4.69) is 32.3 Å². The second kappa shape index (κ2) is 8.21. The monoisotopic (exact) mass is 393 g/mol. The third kappa shape index (κ3) is 4.10. The van der Waals surface area contributed by atoms with Crippen LogP contribution in [-0.2, 0) is 24.8 Å². The molecule has 0 saturated carbocycles. The number of pyridine rings is 1. The van der Waals surface area contributed by atoms with Crippen LogP contribution in [0.2, 0.25) is 0 Å². The zero-order valence-electron chi connectivity index (χ0n) is 17.1.